The number of nitrogens with one attached hydrogen (secondary N) is 1. The van der Waals surface area contributed by atoms with Gasteiger partial charge in [-0.2, -0.15) is 0 Å². The first-order valence-corrected chi connectivity index (χ1v) is 9.21. The zero-order chi connectivity index (χ0) is 19.2. The van der Waals surface area contributed by atoms with Crippen molar-refractivity contribution in [3.05, 3.63) is 115 Å². The maximum absolute atomic E-state index is 6.17. The molecule has 136 valence electrons. The second-order valence-corrected chi connectivity index (χ2v) is 6.42. The summed E-state index contributed by atoms with van der Waals surface area (Å²) >= 11 is 0. The lowest BCUT2D eigenvalue weighted by Crippen LogP contribution is -2.15. The van der Waals surface area contributed by atoms with Crippen molar-refractivity contribution in [3.8, 4) is 11.1 Å². The minimum atomic E-state index is 0.681. The minimum absolute atomic E-state index is 0.681. The van der Waals surface area contributed by atoms with Gasteiger partial charge in [-0.3, -0.25) is 0 Å². The summed E-state index contributed by atoms with van der Waals surface area (Å²) < 4.78 is 0. The Balaban J connectivity index is 1.85. The average Bonchev–Trinajstić information content (AvgIpc) is 2.76. The molecule has 0 aliphatic rings. The lowest BCUT2D eigenvalue weighted by atomic mass is 9.98. The molecule has 0 aromatic heterocycles. The maximum atomic E-state index is 6.17. The van der Waals surface area contributed by atoms with Crippen LogP contribution in [0.2, 0.25) is 0 Å². The number of para-hydroxylation sites is 3. The normalized spacial score (nSPS) is 11.2. The van der Waals surface area contributed by atoms with Crippen LogP contribution in [-0.4, -0.2) is 5.84 Å². The van der Waals surface area contributed by atoms with Gasteiger partial charge < -0.3 is 11.1 Å². The lowest BCUT2D eigenvalue weighted by molar-refractivity contribution is 1.46. The van der Waals surface area contributed by atoms with Gasteiger partial charge in [0, 0.05) is 5.56 Å². The molecule has 0 amide bonds. The van der Waals surface area contributed by atoms with E-state index in [0.29, 0.717) is 5.69 Å². The number of nitrogens with two attached hydrogens (primary N) is 1. The number of nitrogen functional groups attached to an aromatic ring is 1. The van der Waals surface area contributed by atoms with E-state index in [4.69, 9.17) is 10.7 Å². The van der Waals surface area contributed by atoms with Gasteiger partial charge >= 0.3 is 0 Å². The third kappa shape index (κ3) is 3.94. The molecule has 0 radical (unpaired) electrons. The fourth-order valence-electron chi connectivity index (χ4n) is 3.08. The van der Waals surface area contributed by atoms with Crippen molar-refractivity contribution < 1.29 is 0 Å². The predicted octanol–water partition coefficient (Wildman–Crippen LogP) is 6.13. The highest BCUT2D eigenvalue weighted by Gasteiger charge is 2.12. The summed E-state index contributed by atoms with van der Waals surface area (Å²) in [5.74, 6) is 0.753. The minimum Gasteiger partial charge on any atom is -0.397 e. The number of rotatable bonds is 4. The van der Waals surface area contributed by atoms with Crippen molar-refractivity contribution >= 4 is 22.9 Å². The summed E-state index contributed by atoms with van der Waals surface area (Å²) in [6.45, 7) is 0. The third-order valence-electron chi connectivity index (χ3n) is 4.48. The molecule has 4 rings (SSSR count). The quantitative estimate of drug-likeness (QED) is 0.260. The molecule has 3 nitrogen and oxygen atoms in total. The molecular formula is C25H21N3. The molecule has 0 aliphatic carbocycles. The van der Waals surface area contributed by atoms with Crippen molar-refractivity contribution in [3.63, 3.8) is 0 Å². The Kier molecular flexibility index (Phi) is 5.16. The van der Waals surface area contributed by atoms with Crippen LogP contribution in [0.5, 0.6) is 0 Å². The number of anilines is 2. The van der Waals surface area contributed by atoms with Crippen molar-refractivity contribution in [2.45, 2.75) is 0 Å². The molecule has 3 heteroatoms. The molecule has 0 fully saturated rings. The number of hydrogen-bond acceptors (Lipinski definition) is 2. The molecule has 4 aromatic rings. The highest BCUT2D eigenvalue weighted by atomic mass is 15.0. The second kappa shape index (κ2) is 8.23. The topological polar surface area (TPSA) is 50.4 Å². The SMILES string of the molecule is Nc1ccccc1N/C(=N/c1ccccc1)c1ccccc1-c1ccccc1. The number of aliphatic imine (C=N–C) groups is 1. The zero-order valence-electron chi connectivity index (χ0n) is 15.4. The Hall–Kier alpha value is -3.85. The van der Waals surface area contributed by atoms with E-state index in [9.17, 15) is 0 Å². The van der Waals surface area contributed by atoms with Crippen LogP contribution in [0.3, 0.4) is 0 Å². The van der Waals surface area contributed by atoms with Crippen molar-refractivity contribution in [2.75, 3.05) is 11.1 Å². The van der Waals surface area contributed by atoms with E-state index in [1.807, 2.05) is 84.9 Å². The summed E-state index contributed by atoms with van der Waals surface area (Å²) in [6, 6.07) is 36.2. The average molecular weight is 363 g/mol. The van der Waals surface area contributed by atoms with E-state index in [0.717, 1.165) is 33.9 Å². The van der Waals surface area contributed by atoms with E-state index in [-0.39, 0.29) is 0 Å². The van der Waals surface area contributed by atoms with Gasteiger partial charge in [0.1, 0.15) is 5.84 Å². The maximum Gasteiger partial charge on any atom is 0.139 e. The van der Waals surface area contributed by atoms with Crippen molar-refractivity contribution in [1.29, 1.82) is 0 Å². The van der Waals surface area contributed by atoms with Crippen LogP contribution in [0.15, 0.2) is 114 Å². The van der Waals surface area contributed by atoms with Gasteiger partial charge in [-0.25, -0.2) is 4.99 Å². The summed E-state index contributed by atoms with van der Waals surface area (Å²) in [5, 5.41) is 3.45. The fourth-order valence-corrected chi connectivity index (χ4v) is 3.08. The standard InChI is InChI=1S/C25H21N3/c26-23-17-9-10-18-24(23)28-25(27-20-13-5-2-6-14-20)22-16-8-7-15-21(22)19-11-3-1-4-12-19/h1-18H,26H2,(H,27,28). The van der Waals surface area contributed by atoms with Gasteiger partial charge in [-0.15, -0.1) is 0 Å². The molecule has 0 aliphatic heterocycles. The van der Waals surface area contributed by atoms with E-state index in [2.05, 4.69) is 29.6 Å². The smallest absolute Gasteiger partial charge is 0.139 e. The first-order valence-electron chi connectivity index (χ1n) is 9.21. The van der Waals surface area contributed by atoms with Gasteiger partial charge in [0.05, 0.1) is 17.1 Å². The van der Waals surface area contributed by atoms with E-state index in [1.165, 1.54) is 0 Å². The number of nitrogens with zero attached hydrogens (tertiary/aromatic N) is 1. The molecule has 0 unspecified atom stereocenters. The van der Waals surface area contributed by atoms with Gasteiger partial charge in [0.15, 0.2) is 0 Å². The van der Waals surface area contributed by atoms with Crippen LogP contribution in [0.1, 0.15) is 5.56 Å². The number of hydrogen-bond donors (Lipinski definition) is 2. The first kappa shape index (κ1) is 17.6. The molecular weight excluding hydrogens is 342 g/mol. The molecule has 0 saturated carbocycles. The predicted molar refractivity (Wildman–Crippen MR) is 119 cm³/mol. The molecule has 0 spiro atoms. The fraction of sp³-hybridized carbons (Fsp3) is 0. The van der Waals surface area contributed by atoms with Crippen LogP contribution >= 0.6 is 0 Å². The van der Waals surface area contributed by atoms with Crippen LogP contribution in [0, 0.1) is 0 Å². The summed E-state index contributed by atoms with van der Waals surface area (Å²) in [7, 11) is 0. The van der Waals surface area contributed by atoms with Crippen molar-refractivity contribution in [2.24, 2.45) is 4.99 Å². The largest absolute Gasteiger partial charge is 0.397 e. The Morgan fingerprint density at radius 3 is 2.00 bits per heavy atom. The molecule has 0 bridgehead atoms. The Labute approximate surface area is 165 Å². The van der Waals surface area contributed by atoms with Crippen LogP contribution in [-0.2, 0) is 0 Å². The summed E-state index contributed by atoms with van der Waals surface area (Å²) in [5.41, 5.74) is 11.8. The summed E-state index contributed by atoms with van der Waals surface area (Å²) in [6.07, 6.45) is 0. The van der Waals surface area contributed by atoms with Gasteiger partial charge in [-0.1, -0.05) is 84.9 Å². The van der Waals surface area contributed by atoms with Gasteiger partial charge in [0.2, 0.25) is 0 Å². The third-order valence-corrected chi connectivity index (χ3v) is 4.48. The van der Waals surface area contributed by atoms with Gasteiger partial charge in [-0.05, 0) is 35.4 Å². The van der Waals surface area contributed by atoms with Crippen molar-refractivity contribution in [1.82, 2.24) is 0 Å². The highest BCUT2D eigenvalue weighted by molar-refractivity contribution is 6.14. The van der Waals surface area contributed by atoms with Crippen LogP contribution < -0.4 is 11.1 Å². The Bertz CT molecular complexity index is 1090. The van der Waals surface area contributed by atoms with E-state index >= 15 is 0 Å². The molecule has 0 saturated heterocycles. The van der Waals surface area contributed by atoms with Gasteiger partial charge in [0.25, 0.3) is 0 Å². The molecule has 28 heavy (non-hydrogen) atoms. The lowest BCUT2D eigenvalue weighted by Gasteiger charge is -2.16. The van der Waals surface area contributed by atoms with Crippen LogP contribution in [0.4, 0.5) is 17.1 Å². The zero-order valence-corrected chi connectivity index (χ0v) is 15.4. The molecule has 0 heterocycles. The number of amidine groups is 1. The highest BCUT2D eigenvalue weighted by Crippen LogP contribution is 2.27. The monoisotopic (exact) mass is 363 g/mol. The summed E-state index contributed by atoms with van der Waals surface area (Å²) in [4.78, 5) is 4.90. The second-order valence-electron chi connectivity index (χ2n) is 6.42. The number of benzene rings is 4. The van der Waals surface area contributed by atoms with E-state index < -0.39 is 0 Å². The first-order chi connectivity index (χ1) is 13.8. The molecule has 4 aromatic carbocycles. The molecule has 3 N–H and O–H groups in total. The van der Waals surface area contributed by atoms with Crippen LogP contribution in [0.25, 0.3) is 11.1 Å². The Morgan fingerprint density at radius 1 is 0.643 bits per heavy atom. The van der Waals surface area contributed by atoms with E-state index in [1.54, 1.807) is 0 Å². The Morgan fingerprint density at radius 2 is 1.25 bits per heavy atom. The molecule has 0 atom stereocenters.